The van der Waals surface area contributed by atoms with Crippen molar-refractivity contribution in [3.63, 3.8) is 0 Å². The highest BCUT2D eigenvalue weighted by Gasteiger charge is 2.13. The zero-order valence-corrected chi connectivity index (χ0v) is 19.8. The maximum Gasteiger partial charge on any atom is 0.330 e. The van der Waals surface area contributed by atoms with Gasteiger partial charge in [-0.05, 0) is 60.9 Å². The first-order chi connectivity index (χ1) is 16.9. The Labute approximate surface area is 205 Å². The second-order valence-corrected chi connectivity index (χ2v) is 7.82. The van der Waals surface area contributed by atoms with E-state index in [2.05, 4.69) is 16.0 Å². The van der Waals surface area contributed by atoms with Crippen molar-refractivity contribution in [1.29, 1.82) is 0 Å². The van der Waals surface area contributed by atoms with E-state index < -0.39 is 5.97 Å². The van der Waals surface area contributed by atoms with E-state index in [0.29, 0.717) is 24.4 Å². The van der Waals surface area contributed by atoms with Crippen LogP contribution in [0.1, 0.15) is 46.9 Å². The number of benzene rings is 3. The number of esters is 1. The average Bonchev–Trinajstić information content (AvgIpc) is 2.87. The second kappa shape index (κ2) is 12.7. The molecule has 7 nitrogen and oxygen atoms in total. The van der Waals surface area contributed by atoms with Gasteiger partial charge in [-0.15, -0.1) is 0 Å². The van der Waals surface area contributed by atoms with E-state index in [1.165, 1.54) is 6.08 Å². The topological polar surface area (TPSA) is 96.5 Å². The van der Waals surface area contributed by atoms with E-state index in [4.69, 9.17) is 4.74 Å². The Balaban J connectivity index is 1.58. The number of urea groups is 1. The lowest BCUT2D eigenvalue weighted by molar-refractivity contribution is -0.137. The Morgan fingerprint density at radius 1 is 0.943 bits per heavy atom. The maximum absolute atomic E-state index is 12.8. The van der Waals surface area contributed by atoms with Crippen molar-refractivity contribution < 1.29 is 19.1 Å². The molecule has 0 aliphatic rings. The minimum absolute atomic E-state index is 0.265. The van der Waals surface area contributed by atoms with Gasteiger partial charge in [-0.25, -0.2) is 9.59 Å². The third kappa shape index (κ3) is 8.16. The predicted molar refractivity (Wildman–Crippen MR) is 137 cm³/mol. The van der Waals surface area contributed by atoms with Crippen LogP contribution in [0.15, 0.2) is 84.9 Å². The van der Waals surface area contributed by atoms with Crippen LogP contribution in [-0.4, -0.2) is 24.5 Å². The van der Waals surface area contributed by atoms with Crippen molar-refractivity contribution in [3.8, 4) is 0 Å². The van der Waals surface area contributed by atoms with Gasteiger partial charge in [-0.1, -0.05) is 54.6 Å². The zero-order chi connectivity index (χ0) is 25.0. The summed E-state index contributed by atoms with van der Waals surface area (Å²) in [6.45, 7) is 4.36. The minimum atomic E-state index is -0.401. The summed E-state index contributed by atoms with van der Waals surface area (Å²) < 4.78 is 4.90. The number of ether oxygens (including phenoxy) is 1. The number of carbonyl (C=O) groups excluding carboxylic acids is 3. The molecule has 3 amide bonds. The number of hydrogen-bond acceptors (Lipinski definition) is 4. The fourth-order valence-corrected chi connectivity index (χ4v) is 3.34. The molecule has 0 aliphatic heterocycles. The SMILES string of the molecule is CCOC(=O)C=Cc1cccc(C(C)NC(=O)c2cccc(NC(=O)NCc3ccccc3)c2)c1. The van der Waals surface area contributed by atoms with Gasteiger partial charge >= 0.3 is 12.0 Å². The molecule has 0 fully saturated rings. The highest BCUT2D eigenvalue weighted by Crippen LogP contribution is 2.17. The zero-order valence-electron chi connectivity index (χ0n) is 19.8. The number of nitrogens with one attached hydrogen (secondary N) is 3. The quantitative estimate of drug-likeness (QED) is 0.300. The van der Waals surface area contributed by atoms with Crippen molar-refractivity contribution in [2.24, 2.45) is 0 Å². The molecule has 3 N–H and O–H groups in total. The fraction of sp³-hybridized carbons (Fsp3) is 0.179. The van der Waals surface area contributed by atoms with E-state index in [9.17, 15) is 14.4 Å². The largest absolute Gasteiger partial charge is 0.463 e. The summed E-state index contributed by atoms with van der Waals surface area (Å²) in [5.41, 5.74) is 3.64. The molecule has 0 spiro atoms. The summed E-state index contributed by atoms with van der Waals surface area (Å²) in [4.78, 5) is 36.6. The molecule has 1 atom stereocenters. The Morgan fingerprint density at radius 2 is 1.71 bits per heavy atom. The third-order valence-corrected chi connectivity index (χ3v) is 5.14. The van der Waals surface area contributed by atoms with E-state index in [1.807, 2.05) is 61.5 Å². The first kappa shape index (κ1) is 25.2. The Morgan fingerprint density at radius 3 is 2.49 bits per heavy atom. The minimum Gasteiger partial charge on any atom is -0.463 e. The standard InChI is InChI=1S/C28H29N3O4/c1-3-35-26(32)16-15-21-11-7-12-23(17-21)20(2)30-27(33)24-13-8-14-25(18-24)31-28(34)29-19-22-9-5-4-6-10-22/h4-18,20H,3,19H2,1-2H3,(H,30,33)(H2,29,31,34). The Kier molecular flexibility index (Phi) is 9.19. The van der Waals surface area contributed by atoms with Crippen molar-refractivity contribution in [2.45, 2.75) is 26.4 Å². The van der Waals surface area contributed by atoms with Crippen molar-refractivity contribution in [2.75, 3.05) is 11.9 Å². The summed E-state index contributed by atoms with van der Waals surface area (Å²) in [6, 6.07) is 23.3. The van der Waals surface area contributed by atoms with E-state index in [0.717, 1.165) is 16.7 Å². The molecule has 0 saturated heterocycles. The van der Waals surface area contributed by atoms with Gasteiger partial charge < -0.3 is 20.7 Å². The van der Waals surface area contributed by atoms with Crippen LogP contribution >= 0.6 is 0 Å². The van der Waals surface area contributed by atoms with Crippen molar-refractivity contribution in [3.05, 3.63) is 107 Å². The summed E-state index contributed by atoms with van der Waals surface area (Å²) in [5, 5.41) is 8.52. The number of rotatable bonds is 9. The van der Waals surface area contributed by atoms with E-state index in [-0.39, 0.29) is 18.0 Å². The van der Waals surface area contributed by atoms with Crippen LogP contribution in [0.25, 0.3) is 6.08 Å². The number of carbonyl (C=O) groups is 3. The predicted octanol–water partition coefficient (Wildman–Crippen LogP) is 5.08. The maximum atomic E-state index is 12.8. The molecule has 0 radical (unpaired) electrons. The monoisotopic (exact) mass is 471 g/mol. The van der Waals surface area contributed by atoms with Crippen molar-refractivity contribution in [1.82, 2.24) is 10.6 Å². The molecule has 35 heavy (non-hydrogen) atoms. The van der Waals surface area contributed by atoms with Crippen LogP contribution in [0.5, 0.6) is 0 Å². The number of hydrogen-bond donors (Lipinski definition) is 3. The van der Waals surface area contributed by atoms with Gasteiger partial charge in [-0.2, -0.15) is 0 Å². The summed E-state index contributed by atoms with van der Waals surface area (Å²) in [7, 11) is 0. The number of anilines is 1. The Bertz CT molecular complexity index is 1190. The van der Waals surface area contributed by atoms with Gasteiger partial charge in [0.05, 0.1) is 12.6 Å². The van der Waals surface area contributed by atoms with E-state index >= 15 is 0 Å². The average molecular weight is 472 g/mol. The van der Waals surface area contributed by atoms with Gasteiger partial charge in [0.1, 0.15) is 0 Å². The molecular weight excluding hydrogens is 442 g/mol. The molecule has 0 aromatic heterocycles. The van der Waals surface area contributed by atoms with Gasteiger partial charge in [0.2, 0.25) is 0 Å². The first-order valence-electron chi connectivity index (χ1n) is 11.4. The highest BCUT2D eigenvalue weighted by molar-refractivity contribution is 5.97. The van der Waals surface area contributed by atoms with Gasteiger partial charge in [0.25, 0.3) is 5.91 Å². The lowest BCUT2D eigenvalue weighted by Gasteiger charge is -2.15. The lowest BCUT2D eigenvalue weighted by atomic mass is 10.0. The summed E-state index contributed by atoms with van der Waals surface area (Å²) in [5.74, 6) is -0.667. The van der Waals surface area contributed by atoms with Crippen LogP contribution in [0.4, 0.5) is 10.5 Å². The van der Waals surface area contributed by atoms with Crippen LogP contribution in [0.2, 0.25) is 0 Å². The lowest BCUT2D eigenvalue weighted by Crippen LogP contribution is -2.29. The molecule has 3 aromatic rings. The van der Waals surface area contributed by atoms with Crippen LogP contribution < -0.4 is 16.0 Å². The second-order valence-electron chi connectivity index (χ2n) is 7.82. The molecule has 3 rings (SSSR count). The molecular formula is C28H29N3O4. The smallest absolute Gasteiger partial charge is 0.330 e. The van der Waals surface area contributed by atoms with Crippen molar-refractivity contribution >= 4 is 29.7 Å². The Hall–Kier alpha value is -4.39. The summed E-state index contributed by atoms with van der Waals surface area (Å²) >= 11 is 0. The van der Waals surface area contributed by atoms with Crippen LogP contribution in [-0.2, 0) is 16.1 Å². The number of amides is 3. The molecule has 3 aromatic carbocycles. The molecule has 0 heterocycles. The molecule has 180 valence electrons. The molecule has 1 unspecified atom stereocenters. The van der Waals surface area contributed by atoms with Gasteiger partial charge in [0.15, 0.2) is 0 Å². The normalized spacial score (nSPS) is 11.5. The fourth-order valence-electron chi connectivity index (χ4n) is 3.34. The molecule has 0 aliphatic carbocycles. The van der Waals surface area contributed by atoms with Gasteiger partial charge in [0, 0.05) is 23.9 Å². The molecule has 0 bridgehead atoms. The molecule has 0 saturated carbocycles. The van der Waals surface area contributed by atoms with Gasteiger partial charge in [-0.3, -0.25) is 4.79 Å². The van der Waals surface area contributed by atoms with Crippen LogP contribution in [0.3, 0.4) is 0 Å². The first-order valence-corrected chi connectivity index (χ1v) is 11.4. The van der Waals surface area contributed by atoms with Crippen LogP contribution in [0, 0.1) is 0 Å². The molecule has 7 heteroatoms. The highest BCUT2D eigenvalue weighted by atomic mass is 16.5. The van der Waals surface area contributed by atoms with E-state index in [1.54, 1.807) is 37.3 Å². The summed E-state index contributed by atoms with van der Waals surface area (Å²) in [6.07, 6.45) is 3.05. The third-order valence-electron chi connectivity index (χ3n) is 5.14.